The molecule has 0 bridgehead atoms. The lowest BCUT2D eigenvalue weighted by molar-refractivity contribution is 0.279. The molecule has 1 rings (SSSR count). The Morgan fingerprint density at radius 1 is 1.31 bits per heavy atom. The van der Waals surface area contributed by atoms with Crippen LogP contribution in [0.15, 0.2) is 35.2 Å². The fourth-order valence-electron chi connectivity index (χ4n) is 1.39. The van der Waals surface area contributed by atoms with Gasteiger partial charge in [0, 0.05) is 12.6 Å². The van der Waals surface area contributed by atoms with Crippen molar-refractivity contribution >= 4 is 10.0 Å². The van der Waals surface area contributed by atoms with Crippen LogP contribution in [0.4, 0.5) is 0 Å². The number of sulfonamides is 1. The van der Waals surface area contributed by atoms with Crippen LogP contribution in [0.2, 0.25) is 0 Å². The maximum absolute atomic E-state index is 11.8. The Bertz CT molecular complexity index is 402. The summed E-state index contributed by atoms with van der Waals surface area (Å²) in [7, 11) is -3.42. The number of benzene rings is 1. The van der Waals surface area contributed by atoms with Gasteiger partial charge in [-0.1, -0.05) is 18.2 Å². The first-order chi connectivity index (χ1) is 7.56. The molecule has 16 heavy (non-hydrogen) atoms. The van der Waals surface area contributed by atoms with Gasteiger partial charge in [-0.25, -0.2) is 13.1 Å². The second kappa shape index (κ2) is 5.98. The summed E-state index contributed by atoms with van der Waals surface area (Å²) in [5.41, 5.74) is 0. The molecule has 2 N–H and O–H groups in total. The third-order valence-corrected chi connectivity index (χ3v) is 3.81. The van der Waals surface area contributed by atoms with Crippen molar-refractivity contribution < 1.29 is 13.5 Å². The van der Waals surface area contributed by atoms with Gasteiger partial charge in [-0.15, -0.1) is 0 Å². The molecule has 0 heterocycles. The highest BCUT2D eigenvalue weighted by Gasteiger charge is 2.16. The summed E-state index contributed by atoms with van der Waals surface area (Å²) in [4.78, 5) is 0.269. The van der Waals surface area contributed by atoms with Gasteiger partial charge in [0.05, 0.1) is 4.90 Å². The minimum atomic E-state index is -3.42. The molecule has 0 radical (unpaired) electrons. The number of hydrogen-bond acceptors (Lipinski definition) is 3. The van der Waals surface area contributed by atoms with Gasteiger partial charge in [-0.05, 0) is 31.9 Å². The van der Waals surface area contributed by atoms with Gasteiger partial charge in [0.15, 0.2) is 0 Å². The van der Waals surface area contributed by atoms with Crippen molar-refractivity contribution in [3.05, 3.63) is 30.3 Å². The highest BCUT2D eigenvalue weighted by atomic mass is 32.2. The largest absolute Gasteiger partial charge is 0.396 e. The Hall–Kier alpha value is -0.910. The number of nitrogens with one attached hydrogen (secondary N) is 1. The van der Waals surface area contributed by atoms with Crippen molar-refractivity contribution in [2.75, 3.05) is 6.61 Å². The van der Waals surface area contributed by atoms with Crippen molar-refractivity contribution in [1.29, 1.82) is 0 Å². The molecule has 0 saturated carbocycles. The van der Waals surface area contributed by atoms with E-state index in [1.807, 2.05) is 0 Å². The molecule has 0 aliphatic carbocycles. The summed E-state index contributed by atoms with van der Waals surface area (Å²) in [6.07, 6.45) is 1.22. The molecule has 0 aromatic heterocycles. The number of hydrogen-bond donors (Lipinski definition) is 2. The lowest BCUT2D eigenvalue weighted by Gasteiger charge is -2.13. The monoisotopic (exact) mass is 243 g/mol. The molecule has 4 nitrogen and oxygen atoms in total. The highest BCUT2D eigenvalue weighted by molar-refractivity contribution is 7.89. The van der Waals surface area contributed by atoms with Crippen LogP contribution in [0.25, 0.3) is 0 Å². The zero-order chi connectivity index (χ0) is 12.0. The second-order valence-corrected chi connectivity index (χ2v) is 5.42. The molecule has 0 aliphatic heterocycles. The quantitative estimate of drug-likeness (QED) is 0.787. The smallest absolute Gasteiger partial charge is 0.240 e. The predicted octanol–water partition coefficient (Wildman–Crippen LogP) is 1.13. The van der Waals surface area contributed by atoms with Crippen LogP contribution in [0.5, 0.6) is 0 Å². The Balaban J connectivity index is 2.66. The van der Waals surface area contributed by atoms with E-state index in [2.05, 4.69) is 4.72 Å². The molecule has 1 aromatic carbocycles. The maximum Gasteiger partial charge on any atom is 0.240 e. The summed E-state index contributed by atoms with van der Waals surface area (Å²) in [5.74, 6) is 0. The number of rotatable bonds is 6. The standard InChI is InChI=1S/C11H17NO3S/c1-10(6-5-9-13)12-16(14,15)11-7-3-2-4-8-11/h2-4,7-8,10,12-13H,5-6,9H2,1H3/t10-/m0/s1. The number of aliphatic hydroxyl groups is 1. The van der Waals surface area contributed by atoms with Crippen molar-refractivity contribution in [3.8, 4) is 0 Å². The summed E-state index contributed by atoms with van der Waals surface area (Å²) < 4.78 is 26.2. The zero-order valence-corrected chi connectivity index (χ0v) is 10.1. The van der Waals surface area contributed by atoms with Crippen molar-refractivity contribution in [2.45, 2.75) is 30.7 Å². The summed E-state index contributed by atoms with van der Waals surface area (Å²) in [6, 6.07) is 8.09. The van der Waals surface area contributed by atoms with Crippen LogP contribution >= 0.6 is 0 Å². The lowest BCUT2D eigenvalue weighted by Crippen LogP contribution is -2.32. The molecule has 0 saturated heterocycles. The summed E-state index contributed by atoms with van der Waals surface area (Å²) in [6.45, 7) is 1.87. The second-order valence-electron chi connectivity index (χ2n) is 3.70. The molecule has 1 aromatic rings. The van der Waals surface area contributed by atoms with E-state index in [1.54, 1.807) is 37.3 Å². The average molecular weight is 243 g/mol. The Morgan fingerprint density at radius 3 is 2.50 bits per heavy atom. The first-order valence-corrected chi connectivity index (χ1v) is 6.73. The van der Waals surface area contributed by atoms with E-state index in [0.717, 1.165) is 0 Å². The molecule has 5 heteroatoms. The summed E-state index contributed by atoms with van der Waals surface area (Å²) >= 11 is 0. The molecular formula is C11H17NO3S. The topological polar surface area (TPSA) is 66.4 Å². The maximum atomic E-state index is 11.8. The third kappa shape index (κ3) is 3.92. The summed E-state index contributed by atoms with van der Waals surface area (Å²) in [5, 5.41) is 8.65. The van der Waals surface area contributed by atoms with E-state index in [0.29, 0.717) is 12.8 Å². The molecule has 1 atom stereocenters. The van der Waals surface area contributed by atoms with Crippen molar-refractivity contribution in [2.24, 2.45) is 0 Å². The Morgan fingerprint density at radius 2 is 1.94 bits per heavy atom. The fourth-order valence-corrected chi connectivity index (χ4v) is 2.69. The van der Waals surface area contributed by atoms with Crippen molar-refractivity contribution in [3.63, 3.8) is 0 Å². The minimum Gasteiger partial charge on any atom is -0.396 e. The van der Waals surface area contributed by atoms with Gasteiger partial charge in [0.2, 0.25) is 10.0 Å². The Kier molecular flexibility index (Phi) is 4.92. The van der Waals surface area contributed by atoms with Gasteiger partial charge >= 0.3 is 0 Å². The molecular weight excluding hydrogens is 226 g/mol. The van der Waals surface area contributed by atoms with Gasteiger partial charge in [0.25, 0.3) is 0 Å². The fraction of sp³-hybridized carbons (Fsp3) is 0.455. The van der Waals surface area contributed by atoms with E-state index >= 15 is 0 Å². The first-order valence-electron chi connectivity index (χ1n) is 5.24. The number of aliphatic hydroxyl groups excluding tert-OH is 1. The molecule has 0 amide bonds. The normalized spacial score (nSPS) is 13.6. The Labute approximate surface area is 96.4 Å². The predicted molar refractivity (Wildman–Crippen MR) is 62.5 cm³/mol. The molecule has 0 fully saturated rings. The molecule has 90 valence electrons. The SMILES string of the molecule is C[C@@H](CCCO)NS(=O)(=O)c1ccccc1. The van der Waals surface area contributed by atoms with Gasteiger partial charge in [-0.2, -0.15) is 0 Å². The van der Waals surface area contributed by atoms with Crippen molar-refractivity contribution in [1.82, 2.24) is 4.72 Å². The van der Waals surface area contributed by atoms with Crippen LogP contribution in [0.3, 0.4) is 0 Å². The minimum absolute atomic E-state index is 0.0808. The lowest BCUT2D eigenvalue weighted by atomic mass is 10.2. The van der Waals surface area contributed by atoms with Crippen LogP contribution < -0.4 is 4.72 Å². The van der Waals surface area contributed by atoms with Gasteiger partial charge in [-0.3, -0.25) is 0 Å². The zero-order valence-electron chi connectivity index (χ0n) is 9.26. The molecule has 0 aliphatic rings. The van der Waals surface area contributed by atoms with E-state index in [1.165, 1.54) is 0 Å². The van der Waals surface area contributed by atoms with E-state index in [4.69, 9.17) is 5.11 Å². The van der Waals surface area contributed by atoms with Crippen LogP contribution in [0.1, 0.15) is 19.8 Å². The van der Waals surface area contributed by atoms with E-state index in [9.17, 15) is 8.42 Å². The third-order valence-electron chi connectivity index (χ3n) is 2.21. The van der Waals surface area contributed by atoms with Crippen LogP contribution in [-0.2, 0) is 10.0 Å². The average Bonchev–Trinajstić information content (AvgIpc) is 2.27. The van der Waals surface area contributed by atoms with Crippen LogP contribution in [0, 0.1) is 0 Å². The van der Waals surface area contributed by atoms with Gasteiger partial charge < -0.3 is 5.11 Å². The van der Waals surface area contributed by atoms with Crippen LogP contribution in [-0.4, -0.2) is 26.2 Å². The highest BCUT2D eigenvalue weighted by Crippen LogP contribution is 2.09. The van der Waals surface area contributed by atoms with Gasteiger partial charge in [0.1, 0.15) is 0 Å². The van der Waals surface area contributed by atoms with E-state index < -0.39 is 10.0 Å². The van der Waals surface area contributed by atoms with E-state index in [-0.39, 0.29) is 17.5 Å². The molecule has 0 spiro atoms. The first kappa shape index (κ1) is 13.2. The molecule has 0 unspecified atom stereocenters.